The highest BCUT2D eigenvalue weighted by Crippen LogP contribution is 2.53. The summed E-state index contributed by atoms with van der Waals surface area (Å²) in [4.78, 5) is 5.91. The summed E-state index contributed by atoms with van der Waals surface area (Å²) in [7, 11) is 0. The minimum Gasteiger partial charge on any atom is -0.469 e. The first kappa shape index (κ1) is 92.9. The lowest BCUT2D eigenvalue weighted by Crippen LogP contribution is -2.26. The number of nitrogens with zero attached hydrogens (tertiary/aromatic N) is 2. The third kappa shape index (κ3) is 23.8. The summed E-state index contributed by atoms with van der Waals surface area (Å²) in [6.45, 7) is 34.7. The van der Waals surface area contributed by atoms with Crippen LogP contribution in [0, 0.1) is 6.92 Å². The van der Waals surface area contributed by atoms with Crippen LogP contribution in [0.1, 0.15) is 110 Å². The van der Waals surface area contributed by atoms with Gasteiger partial charge in [0.1, 0.15) is 17.1 Å². The number of hydrogen-bond acceptors (Lipinski definition) is 4. The highest BCUT2D eigenvalue weighted by molar-refractivity contribution is 6.11. The molecule has 0 atom stereocenters. The molecule has 18 rings (SSSR count). The summed E-state index contributed by atoms with van der Waals surface area (Å²) in [6.07, 6.45) is 60.9. The number of hydrogen-bond donors (Lipinski definition) is 2. The van der Waals surface area contributed by atoms with Crippen LogP contribution >= 0.6 is 0 Å². The van der Waals surface area contributed by atoms with Crippen molar-refractivity contribution in [1.29, 1.82) is 0 Å². The van der Waals surface area contributed by atoms with Crippen LogP contribution in [0.4, 0.5) is 17.1 Å². The number of aryl methyl sites for hydroxylation is 1. The van der Waals surface area contributed by atoms with Gasteiger partial charge in [0.15, 0.2) is 0 Å². The molecule has 0 aliphatic heterocycles. The number of aromatic nitrogens is 2. The number of anilines is 3. The van der Waals surface area contributed by atoms with E-state index in [0.717, 1.165) is 120 Å². The van der Waals surface area contributed by atoms with Crippen LogP contribution in [-0.2, 0) is 5.41 Å². The molecule has 0 unspecified atom stereocenters. The Morgan fingerprint density at radius 3 is 1.82 bits per heavy atom. The highest BCUT2D eigenvalue weighted by atomic mass is 16.3. The molecule has 0 spiro atoms. The van der Waals surface area contributed by atoms with Crippen molar-refractivity contribution in [3.8, 4) is 39.1 Å². The van der Waals surface area contributed by atoms with E-state index in [9.17, 15) is 0 Å². The number of furan rings is 1. The normalized spacial score (nSPS) is 13.3. The van der Waals surface area contributed by atoms with Crippen LogP contribution in [0.25, 0.3) is 131 Å². The third-order valence-electron chi connectivity index (χ3n) is 23.7. The second-order valence-corrected chi connectivity index (χ2v) is 32.8. The van der Waals surface area contributed by atoms with Gasteiger partial charge in [0, 0.05) is 84.3 Å². The number of allylic oxidation sites excluding steroid dienone is 24. The number of nitrogens with one attached hydrogen (secondary N) is 2. The predicted octanol–water partition coefficient (Wildman–Crippen LogP) is 35.8. The minimum atomic E-state index is -0.206. The third-order valence-corrected chi connectivity index (χ3v) is 23.7. The smallest absolute Gasteiger partial charge is 0.134 e. The van der Waals surface area contributed by atoms with Crippen molar-refractivity contribution in [1.82, 2.24) is 9.55 Å². The van der Waals surface area contributed by atoms with Crippen molar-refractivity contribution >= 4 is 109 Å². The summed E-state index contributed by atoms with van der Waals surface area (Å²) < 4.78 is 14.1. The molecule has 0 saturated heterocycles. The van der Waals surface area contributed by atoms with Crippen LogP contribution in [0.2, 0.25) is 0 Å². The lowest BCUT2D eigenvalue weighted by Gasteiger charge is -2.32. The molecule has 656 valence electrons. The van der Waals surface area contributed by atoms with Crippen LogP contribution in [0.3, 0.4) is 0 Å². The lowest BCUT2D eigenvalue weighted by atomic mass is 9.79. The van der Waals surface area contributed by atoms with Crippen LogP contribution in [0.15, 0.2) is 496 Å². The summed E-state index contributed by atoms with van der Waals surface area (Å²) in [5.41, 5.74) is 31.5. The van der Waals surface area contributed by atoms with Crippen LogP contribution in [0.5, 0.6) is 0 Å². The maximum absolute atomic E-state index is 6.00. The zero-order chi connectivity index (χ0) is 92.5. The molecule has 0 saturated carbocycles. The largest absolute Gasteiger partial charge is 0.469 e. The van der Waals surface area contributed by atoms with Gasteiger partial charge in [-0.1, -0.05) is 399 Å². The first-order chi connectivity index (χ1) is 65.3. The van der Waals surface area contributed by atoms with E-state index in [0.29, 0.717) is 0 Å². The second kappa shape index (κ2) is 46.6. The van der Waals surface area contributed by atoms with Crippen molar-refractivity contribution < 1.29 is 8.83 Å². The van der Waals surface area contributed by atoms with Gasteiger partial charge in [0.25, 0.3) is 0 Å². The Morgan fingerprint density at radius 1 is 0.496 bits per heavy atom. The molecule has 15 aromatic rings. The fourth-order valence-electron chi connectivity index (χ4n) is 16.9. The number of rotatable bonds is 25. The van der Waals surface area contributed by atoms with E-state index in [1.165, 1.54) is 96.1 Å². The Morgan fingerprint density at radius 2 is 1.12 bits per heavy atom. The molecule has 2 N–H and O–H groups in total. The summed E-state index contributed by atoms with van der Waals surface area (Å²) in [5.74, 6) is 1.70. The van der Waals surface area contributed by atoms with Crippen LogP contribution < -0.4 is 10.2 Å². The number of fused-ring (bicyclic) bond motifs is 7. The molecule has 0 amide bonds. The average molecular weight is 1730 g/mol. The van der Waals surface area contributed by atoms with Crippen molar-refractivity contribution in [2.45, 2.75) is 65.7 Å². The van der Waals surface area contributed by atoms with Crippen LogP contribution in [-0.4, -0.2) is 16.1 Å². The maximum atomic E-state index is 6.00. The van der Waals surface area contributed by atoms with Gasteiger partial charge < -0.3 is 28.6 Å². The Hall–Kier alpha value is -16.3. The maximum Gasteiger partial charge on any atom is 0.134 e. The zero-order valence-corrected chi connectivity index (χ0v) is 76.9. The van der Waals surface area contributed by atoms with Gasteiger partial charge in [-0.3, -0.25) is 0 Å². The second-order valence-electron chi connectivity index (χ2n) is 32.8. The molecular weight excluding hydrogens is 1610 g/mol. The predicted molar refractivity (Wildman–Crippen MR) is 579 cm³/mol. The standard InChI is InChI=1S/C69H60N2O.C30H27NO.C16H15N.C6H8.C6H6/c1-8-13-15-16-21-48-26-34-56(35-27-48)70(42-19-22-50(12-5)49(11-4)20-10-3)57-36-38-60-61-39-37-58(47-65(61)69(6,7)64(60)46-57)71-66-25-18-17-24-62(66)63-45-54(32-40-67(63)71)52-30-28-51(29-31-52)53-33-41-68-55(43-53)44-59(72-68)23-14-9-2;1-4-9-24-18-19-25(10-8-21-32-22(24)3)26-16-13-23(14-17-26)15-20-28-27-11-6-7-12-30(27)31-29(28)5-2;1-2-3-8-14-9-7-12-16(13-14)17-15-10-5-4-6-11-15;2*1-2-4-6-5-3-1/h8-35,37,39-41,43-47H,1-4,36,38,42H2,5-7H3;4-21,31H,2H2,1,3H3;2-13,17H,1H2;1-4H,5-6H2;1-6H/b15-13-,21-16+,22-19-,23-14-,49-20+,50-12+;9-4-,19-18?,20-15+,21-8?,24-22?,25-10?;8-3-;;. The van der Waals surface area contributed by atoms with E-state index in [2.05, 4.69) is 371 Å². The Labute approximate surface area is 786 Å². The molecule has 3 aliphatic carbocycles. The Bertz CT molecular complexity index is 7090. The molecule has 4 heterocycles. The summed E-state index contributed by atoms with van der Waals surface area (Å²) in [5, 5.41) is 8.13. The molecule has 4 aromatic heterocycles. The topological polar surface area (TPSA) is 62.3 Å². The van der Waals surface area contributed by atoms with Crippen molar-refractivity contribution in [2.75, 3.05) is 16.8 Å². The van der Waals surface area contributed by atoms with E-state index in [-0.39, 0.29) is 5.41 Å². The molecule has 6 heteroatoms. The van der Waals surface area contributed by atoms with Crippen molar-refractivity contribution in [3.05, 3.63) is 543 Å². The van der Waals surface area contributed by atoms with Crippen molar-refractivity contribution in [2.24, 2.45) is 0 Å². The molecular formula is C127H116N4O2. The number of aromatic amines is 1. The van der Waals surface area contributed by atoms with E-state index in [4.69, 9.17) is 8.83 Å². The molecule has 133 heavy (non-hydrogen) atoms. The van der Waals surface area contributed by atoms with E-state index >= 15 is 0 Å². The number of H-pyrrole nitrogens is 1. The minimum absolute atomic E-state index is 0.206. The van der Waals surface area contributed by atoms with Gasteiger partial charge in [0.05, 0.1) is 17.3 Å². The number of para-hydroxylation sites is 3. The van der Waals surface area contributed by atoms with Gasteiger partial charge >= 0.3 is 0 Å². The van der Waals surface area contributed by atoms with E-state index in [1.54, 1.807) is 24.5 Å². The van der Waals surface area contributed by atoms with Gasteiger partial charge in [-0.15, -0.1) is 0 Å². The fourth-order valence-corrected chi connectivity index (χ4v) is 16.9. The molecule has 11 aromatic carbocycles. The van der Waals surface area contributed by atoms with Gasteiger partial charge in [0.2, 0.25) is 0 Å². The first-order valence-corrected chi connectivity index (χ1v) is 45.6. The molecule has 6 nitrogen and oxygen atoms in total. The Kier molecular flexibility index (Phi) is 32.6. The van der Waals surface area contributed by atoms with E-state index in [1.807, 2.05) is 166 Å². The fraction of sp³-hybridized carbons (Fsp3) is 0.0866. The summed E-state index contributed by atoms with van der Waals surface area (Å²) in [6, 6.07) is 105. The Balaban J connectivity index is 0.000000187. The molecule has 0 fully saturated rings. The van der Waals surface area contributed by atoms with Gasteiger partial charge in [-0.2, -0.15) is 0 Å². The summed E-state index contributed by atoms with van der Waals surface area (Å²) >= 11 is 0. The zero-order valence-electron chi connectivity index (χ0n) is 76.9. The monoisotopic (exact) mass is 1730 g/mol. The molecule has 0 bridgehead atoms. The SMILES string of the molecule is C1=CCCC=C1.C=C/C=C\C=C\c1ccc(N(C\C=C/C(=C\C)C(/C=C)=C/C=C)C2=CC3=C(CC2)c2ccc(-n4c5ccccc5c5cc(-c6ccc(-c7ccc8oc(/C=C\C=C)cc8c7)cc6)ccc54)cc2C3(C)C)cc1.C=C/C=C\c1cccc(Nc2ccccc2)c1.C=Cc1[nH]c2ccccc2c1/C=C/c1ccc(-c2cccoc(C)c(/C=C\C)cc2)cc1.c1ccccc1. The van der Waals surface area contributed by atoms with Gasteiger partial charge in [-0.25, -0.2) is 0 Å². The van der Waals surface area contributed by atoms with Gasteiger partial charge in [-0.05, 0) is 245 Å². The van der Waals surface area contributed by atoms with E-state index < -0.39 is 0 Å². The van der Waals surface area contributed by atoms with Crippen molar-refractivity contribution in [3.63, 3.8) is 0 Å². The number of benzene rings is 11. The molecule has 0 radical (unpaired) electrons. The quantitative estimate of drug-likeness (QED) is 0.0560. The first-order valence-electron chi connectivity index (χ1n) is 45.6. The average Bonchev–Trinajstić information content (AvgIpc) is 1.56. The highest BCUT2D eigenvalue weighted by Gasteiger charge is 2.39. The lowest BCUT2D eigenvalue weighted by molar-refractivity contribution is 0.519. The molecule has 3 aliphatic rings.